The quantitative estimate of drug-likeness (QED) is 0.360. The number of hydrogen-bond donors (Lipinski definition) is 1. The minimum Gasteiger partial charge on any atom is -0.494 e. The highest BCUT2D eigenvalue weighted by Crippen LogP contribution is 2.33. The average Bonchev–Trinajstić information content (AvgIpc) is 3.00. The molecule has 0 spiro atoms. The number of benzene rings is 1. The van der Waals surface area contributed by atoms with Gasteiger partial charge in [0.05, 0.1) is 17.0 Å². The monoisotopic (exact) mass is 501 g/mol. The van der Waals surface area contributed by atoms with Gasteiger partial charge in [-0.1, -0.05) is 61.6 Å². The normalized spacial score (nSPS) is 14.9. The predicted molar refractivity (Wildman–Crippen MR) is 132 cm³/mol. The molecular weight excluding hydrogens is 482 g/mol. The molecule has 10 heteroatoms. The maximum absolute atomic E-state index is 13.2. The minimum atomic E-state index is -0.658. The van der Waals surface area contributed by atoms with Gasteiger partial charge < -0.3 is 5.11 Å². The van der Waals surface area contributed by atoms with Crippen LogP contribution >= 0.6 is 35.6 Å². The van der Waals surface area contributed by atoms with Crippen LogP contribution in [0.3, 0.4) is 0 Å². The molecule has 170 valence electrons. The molecule has 1 N–H and O–H groups in total. The number of Topliss-reactive ketones (excluding diaryl/α,β-unsaturated/α-hetero) is 1. The zero-order chi connectivity index (χ0) is 24.4. The second-order valence-corrected chi connectivity index (χ2v) is 9.97. The van der Waals surface area contributed by atoms with Crippen molar-refractivity contribution in [3.63, 3.8) is 0 Å². The lowest BCUT2D eigenvalue weighted by molar-refractivity contribution is -0.121. The molecule has 0 saturated carbocycles. The number of aromatic hydroxyl groups is 1. The van der Waals surface area contributed by atoms with Crippen molar-refractivity contribution in [2.45, 2.75) is 27.3 Å². The summed E-state index contributed by atoms with van der Waals surface area (Å²) in [5, 5.41) is 20.8. The number of aromatic nitrogens is 1. The molecule has 1 aliphatic heterocycles. The molecule has 1 aromatic heterocycles. The first-order chi connectivity index (χ1) is 15.5. The molecule has 0 bridgehead atoms. The van der Waals surface area contributed by atoms with E-state index in [0.29, 0.717) is 9.93 Å². The van der Waals surface area contributed by atoms with Crippen LogP contribution in [0.5, 0.6) is 5.88 Å². The standard InChI is InChI=1S/C23H20ClN3O4S2/c1-12(2)10-26-20(29)16(9-25)13(3)19(22(26)31)17(28)11-27-21(30)18(33-23(27)32)8-14-4-6-15(24)7-5-14/h4-8,12,31H,10-11H2,1-3H3/b18-8-. The van der Waals surface area contributed by atoms with Gasteiger partial charge in [0.15, 0.2) is 5.78 Å². The van der Waals surface area contributed by atoms with Crippen LogP contribution in [0.15, 0.2) is 34.0 Å². The Morgan fingerprint density at radius 1 is 1.30 bits per heavy atom. The number of thioether (sulfide) groups is 1. The molecule has 0 unspecified atom stereocenters. The number of thiocarbonyl (C=S) groups is 1. The van der Waals surface area contributed by atoms with Crippen LogP contribution in [0.25, 0.3) is 6.08 Å². The SMILES string of the molecule is Cc1c(C(=O)CN2C(=O)/C(=C/c3ccc(Cl)cc3)SC2=S)c(O)n(CC(C)C)c(=O)c1C#N. The van der Waals surface area contributed by atoms with Gasteiger partial charge in [-0.05, 0) is 42.2 Å². The molecule has 0 aliphatic carbocycles. The first-order valence-electron chi connectivity index (χ1n) is 9.95. The number of halogens is 1. The second kappa shape index (κ2) is 9.91. The van der Waals surface area contributed by atoms with E-state index in [1.807, 2.05) is 19.9 Å². The third-order valence-corrected chi connectivity index (χ3v) is 6.60. The molecule has 1 aromatic carbocycles. The van der Waals surface area contributed by atoms with E-state index in [4.69, 9.17) is 23.8 Å². The minimum absolute atomic E-state index is 0.0181. The van der Waals surface area contributed by atoms with Gasteiger partial charge in [0.1, 0.15) is 16.0 Å². The van der Waals surface area contributed by atoms with Crippen molar-refractivity contribution in [3.8, 4) is 11.9 Å². The Hall–Kier alpha value is -2.93. The molecular formula is C23H20ClN3O4S2. The summed E-state index contributed by atoms with van der Waals surface area (Å²) in [7, 11) is 0. The third-order valence-electron chi connectivity index (χ3n) is 4.97. The van der Waals surface area contributed by atoms with Crippen LogP contribution in [0, 0.1) is 24.2 Å². The van der Waals surface area contributed by atoms with Crippen molar-refractivity contribution in [1.82, 2.24) is 9.47 Å². The van der Waals surface area contributed by atoms with Crippen molar-refractivity contribution in [2.24, 2.45) is 5.92 Å². The van der Waals surface area contributed by atoms with Crippen LogP contribution < -0.4 is 5.56 Å². The van der Waals surface area contributed by atoms with Crippen molar-refractivity contribution in [2.75, 3.05) is 6.54 Å². The predicted octanol–water partition coefficient (Wildman–Crippen LogP) is 4.13. The molecule has 1 aliphatic rings. The maximum Gasteiger partial charge on any atom is 0.271 e. The molecule has 1 saturated heterocycles. The fourth-order valence-corrected chi connectivity index (χ4v) is 4.77. The molecule has 33 heavy (non-hydrogen) atoms. The van der Waals surface area contributed by atoms with Gasteiger partial charge in [-0.15, -0.1) is 0 Å². The average molecular weight is 502 g/mol. The molecule has 0 radical (unpaired) electrons. The van der Waals surface area contributed by atoms with Crippen LogP contribution in [0.4, 0.5) is 0 Å². The number of nitriles is 1. The summed E-state index contributed by atoms with van der Waals surface area (Å²) in [4.78, 5) is 40.2. The number of nitrogens with zero attached hydrogens (tertiary/aromatic N) is 3. The zero-order valence-electron chi connectivity index (χ0n) is 18.1. The van der Waals surface area contributed by atoms with Crippen LogP contribution in [0.2, 0.25) is 5.02 Å². The Balaban J connectivity index is 1.95. The maximum atomic E-state index is 13.2. The second-order valence-electron chi connectivity index (χ2n) is 7.86. The van der Waals surface area contributed by atoms with Gasteiger partial charge in [0, 0.05) is 11.6 Å². The molecule has 1 fully saturated rings. The van der Waals surface area contributed by atoms with Gasteiger partial charge in [-0.25, -0.2) is 0 Å². The first kappa shape index (κ1) is 24.7. The van der Waals surface area contributed by atoms with Crippen molar-refractivity contribution < 1.29 is 14.7 Å². The summed E-state index contributed by atoms with van der Waals surface area (Å²) in [5.41, 5.74) is -0.215. The number of ketones is 1. The highest BCUT2D eigenvalue weighted by Gasteiger charge is 2.35. The number of hydrogen-bond acceptors (Lipinski definition) is 7. The number of amides is 1. The van der Waals surface area contributed by atoms with Crippen molar-refractivity contribution in [1.29, 1.82) is 5.26 Å². The van der Waals surface area contributed by atoms with Crippen LogP contribution in [0.1, 0.15) is 40.9 Å². The van der Waals surface area contributed by atoms with E-state index in [9.17, 15) is 24.8 Å². The fourth-order valence-electron chi connectivity index (χ4n) is 3.39. The molecule has 3 rings (SSSR count). The Bertz CT molecular complexity index is 1290. The summed E-state index contributed by atoms with van der Waals surface area (Å²) in [5.74, 6) is -1.60. The lowest BCUT2D eigenvalue weighted by Gasteiger charge is -2.19. The van der Waals surface area contributed by atoms with Gasteiger partial charge in [0.2, 0.25) is 5.88 Å². The number of pyridine rings is 1. The van der Waals surface area contributed by atoms with Gasteiger partial charge in [-0.2, -0.15) is 5.26 Å². The van der Waals surface area contributed by atoms with Crippen LogP contribution in [-0.2, 0) is 11.3 Å². The Morgan fingerprint density at radius 3 is 2.52 bits per heavy atom. The van der Waals surface area contributed by atoms with E-state index in [2.05, 4.69) is 0 Å². The summed E-state index contributed by atoms with van der Waals surface area (Å²) in [6, 6.07) is 8.72. The van der Waals surface area contributed by atoms with E-state index in [0.717, 1.165) is 26.8 Å². The lowest BCUT2D eigenvalue weighted by atomic mass is 10.0. The highest BCUT2D eigenvalue weighted by atomic mass is 35.5. The van der Waals surface area contributed by atoms with Crippen molar-refractivity contribution >= 4 is 57.7 Å². The molecule has 2 heterocycles. The Labute approximate surface area is 205 Å². The van der Waals surface area contributed by atoms with Gasteiger partial charge in [-0.3, -0.25) is 23.9 Å². The van der Waals surface area contributed by atoms with E-state index in [-0.39, 0.29) is 33.5 Å². The van der Waals surface area contributed by atoms with Gasteiger partial charge in [0.25, 0.3) is 11.5 Å². The zero-order valence-corrected chi connectivity index (χ0v) is 20.5. The topological polar surface area (TPSA) is 103 Å². The lowest BCUT2D eigenvalue weighted by Crippen LogP contribution is -2.35. The first-order valence-corrected chi connectivity index (χ1v) is 11.6. The number of carbonyl (C=O) groups is 2. The fraction of sp³-hybridized carbons (Fsp3) is 0.261. The summed E-state index contributed by atoms with van der Waals surface area (Å²) in [6.07, 6.45) is 1.65. The molecule has 7 nitrogen and oxygen atoms in total. The summed E-state index contributed by atoms with van der Waals surface area (Å²) < 4.78 is 1.22. The van der Waals surface area contributed by atoms with E-state index < -0.39 is 29.7 Å². The largest absolute Gasteiger partial charge is 0.494 e. The van der Waals surface area contributed by atoms with E-state index in [1.54, 1.807) is 30.3 Å². The molecule has 0 atom stereocenters. The highest BCUT2D eigenvalue weighted by molar-refractivity contribution is 8.26. The Morgan fingerprint density at radius 2 is 1.94 bits per heavy atom. The summed E-state index contributed by atoms with van der Waals surface area (Å²) in [6.45, 7) is 4.81. The number of rotatable bonds is 6. The Kier molecular flexibility index (Phi) is 7.42. The van der Waals surface area contributed by atoms with Crippen LogP contribution in [-0.4, -0.2) is 37.1 Å². The third kappa shape index (κ3) is 5.03. The molecule has 2 aromatic rings. The van der Waals surface area contributed by atoms with E-state index >= 15 is 0 Å². The number of carbonyl (C=O) groups excluding carboxylic acids is 2. The van der Waals surface area contributed by atoms with Crippen molar-refractivity contribution in [3.05, 3.63) is 66.8 Å². The molecule has 1 amide bonds. The smallest absolute Gasteiger partial charge is 0.271 e. The van der Waals surface area contributed by atoms with Gasteiger partial charge >= 0.3 is 0 Å². The summed E-state index contributed by atoms with van der Waals surface area (Å²) >= 11 is 12.3. The van der Waals surface area contributed by atoms with E-state index in [1.165, 1.54) is 6.92 Å².